The van der Waals surface area contributed by atoms with Crippen LogP contribution < -0.4 is 10.1 Å². The minimum absolute atomic E-state index is 0.115. The number of halogens is 1. The summed E-state index contributed by atoms with van der Waals surface area (Å²) < 4.78 is 30.7. The van der Waals surface area contributed by atoms with E-state index in [0.717, 1.165) is 41.5 Å². The molecule has 0 unspecified atom stereocenters. The molecule has 1 saturated carbocycles. The molecule has 0 atom stereocenters. The van der Waals surface area contributed by atoms with Crippen molar-refractivity contribution in [3.63, 3.8) is 0 Å². The highest BCUT2D eigenvalue weighted by Gasteiger charge is 2.41. The molecule has 9 heteroatoms. The Morgan fingerprint density at radius 3 is 2.38 bits per heavy atom. The quantitative estimate of drug-likeness (QED) is 0.180. The fraction of sp³-hybridized carbons (Fsp3) is 0.367. The molecule has 4 aromatic rings. The van der Waals surface area contributed by atoms with Crippen LogP contribution in [0.3, 0.4) is 0 Å². The summed E-state index contributed by atoms with van der Waals surface area (Å²) in [5, 5.41) is 4.19. The van der Waals surface area contributed by atoms with Gasteiger partial charge in [-0.05, 0) is 57.4 Å². The van der Waals surface area contributed by atoms with Gasteiger partial charge in [0.15, 0.2) is 5.16 Å². The molecule has 2 aromatic heterocycles. The van der Waals surface area contributed by atoms with Crippen LogP contribution in [0, 0.1) is 0 Å². The van der Waals surface area contributed by atoms with Crippen LogP contribution in [0.4, 0.5) is 9.18 Å². The molecule has 1 fully saturated rings. The second-order valence-electron chi connectivity index (χ2n) is 10.5. The standard InChI is InChI=1S/C30H32FN3O4S/c1-29(2,3)38-28(35)34-30(15-8-16-30)21-13-11-20(12-14-21)24-22(19-9-6-5-7-10-19)23-25(36-18-17-31)32-27(39-4)33-26(23)37-24/h5-7,9-14H,8,15-18H2,1-4H3,(H,34,35). The summed E-state index contributed by atoms with van der Waals surface area (Å²) in [6, 6.07) is 17.8. The molecule has 0 saturated heterocycles. The van der Waals surface area contributed by atoms with Crippen molar-refractivity contribution in [1.29, 1.82) is 0 Å². The first-order chi connectivity index (χ1) is 18.7. The summed E-state index contributed by atoms with van der Waals surface area (Å²) in [5.74, 6) is 0.908. The van der Waals surface area contributed by atoms with E-state index in [1.807, 2.05) is 81.6 Å². The molecule has 1 amide bonds. The van der Waals surface area contributed by atoms with Crippen molar-refractivity contribution >= 4 is 29.0 Å². The van der Waals surface area contributed by atoms with Gasteiger partial charge in [0.2, 0.25) is 11.6 Å². The van der Waals surface area contributed by atoms with Crippen molar-refractivity contribution in [2.75, 3.05) is 19.5 Å². The van der Waals surface area contributed by atoms with Gasteiger partial charge in [-0.1, -0.05) is 66.4 Å². The zero-order chi connectivity index (χ0) is 27.6. The number of rotatable bonds is 8. The Morgan fingerprint density at radius 1 is 1.08 bits per heavy atom. The van der Waals surface area contributed by atoms with Crippen LogP contribution in [0.5, 0.6) is 5.88 Å². The monoisotopic (exact) mass is 549 g/mol. The number of alkyl halides is 1. The van der Waals surface area contributed by atoms with Crippen LogP contribution in [0.25, 0.3) is 33.6 Å². The molecule has 1 aliphatic rings. The van der Waals surface area contributed by atoms with Gasteiger partial charge in [-0.25, -0.2) is 9.18 Å². The number of alkyl carbamates (subject to hydrolysis) is 1. The van der Waals surface area contributed by atoms with E-state index in [1.54, 1.807) is 0 Å². The Kier molecular flexibility index (Phi) is 7.53. The molecule has 0 bridgehead atoms. The van der Waals surface area contributed by atoms with E-state index < -0.39 is 23.9 Å². The fourth-order valence-corrected chi connectivity index (χ4v) is 5.17. The Morgan fingerprint density at radius 2 is 1.79 bits per heavy atom. The van der Waals surface area contributed by atoms with E-state index >= 15 is 0 Å². The van der Waals surface area contributed by atoms with Gasteiger partial charge in [0.25, 0.3) is 0 Å². The number of benzene rings is 2. The van der Waals surface area contributed by atoms with Crippen molar-refractivity contribution in [1.82, 2.24) is 15.3 Å². The van der Waals surface area contributed by atoms with E-state index in [9.17, 15) is 9.18 Å². The number of furan rings is 1. The molecule has 0 radical (unpaired) electrons. The highest BCUT2D eigenvalue weighted by Crippen LogP contribution is 2.46. The molecule has 0 aliphatic heterocycles. The van der Waals surface area contributed by atoms with E-state index in [2.05, 4.69) is 15.3 Å². The van der Waals surface area contributed by atoms with Crippen molar-refractivity contribution in [3.05, 3.63) is 60.2 Å². The van der Waals surface area contributed by atoms with Crippen LogP contribution in [0.1, 0.15) is 45.6 Å². The predicted octanol–water partition coefficient (Wildman–Crippen LogP) is 7.53. The van der Waals surface area contributed by atoms with Gasteiger partial charge in [-0.2, -0.15) is 9.97 Å². The van der Waals surface area contributed by atoms with Crippen molar-refractivity contribution in [3.8, 4) is 28.3 Å². The number of nitrogens with one attached hydrogen (secondary N) is 1. The molecule has 0 spiro atoms. The van der Waals surface area contributed by atoms with Crippen molar-refractivity contribution in [2.45, 2.75) is 56.3 Å². The summed E-state index contributed by atoms with van der Waals surface area (Å²) >= 11 is 1.36. The summed E-state index contributed by atoms with van der Waals surface area (Å²) in [6.45, 7) is 4.81. The van der Waals surface area contributed by atoms with Crippen LogP contribution in [-0.4, -0.2) is 41.2 Å². The number of carbonyl (C=O) groups is 1. The predicted molar refractivity (Wildman–Crippen MR) is 151 cm³/mol. The third-order valence-electron chi connectivity index (χ3n) is 6.71. The number of fused-ring (bicyclic) bond motifs is 1. The maximum atomic E-state index is 13.1. The first-order valence-electron chi connectivity index (χ1n) is 13.0. The second kappa shape index (κ2) is 10.9. The summed E-state index contributed by atoms with van der Waals surface area (Å²) in [7, 11) is 0. The van der Waals surface area contributed by atoms with Gasteiger partial charge >= 0.3 is 6.09 Å². The molecule has 39 heavy (non-hydrogen) atoms. The first kappa shape index (κ1) is 27.0. The summed E-state index contributed by atoms with van der Waals surface area (Å²) in [6.07, 6.45) is 4.15. The highest BCUT2D eigenvalue weighted by atomic mass is 32.2. The molecule has 204 valence electrons. The summed E-state index contributed by atoms with van der Waals surface area (Å²) in [4.78, 5) is 21.7. The van der Waals surface area contributed by atoms with Crippen molar-refractivity contribution < 1.29 is 23.1 Å². The van der Waals surface area contributed by atoms with Crippen molar-refractivity contribution in [2.24, 2.45) is 0 Å². The Bertz CT molecular complexity index is 1460. The minimum Gasteiger partial charge on any atom is -0.474 e. The van der Waals surface area contributed by atoms with Gasteiger partial charge in [0, 0.05) is 11.1 Å². The molecular formula is C30H32FN3O4S. The molecule has 2 aromatic carbocycles. The fourth-order valence-electron chi connectivity index (χ4n) is 4.82. The van der Waals surface area contributed by atoms with Gasteiger partial charge < -0.3 is 19.2 Å². The van der Waals surface area contributed by atoms with Gasteiger partial charge in [0.05, 0.1) is 5.54 Å². The topological polar surface area (TPSA) is 86.5 Å². The first-order valence-corrected chi connectivity index (χ1v) is 14.2. The molecule has 1 N–H and O–H groups in total. The van der Waals surface area contributed by atoms with E-state index in [4.69, 9.17) is 13.9 Å². The molecule has 5 rings (SSSR count). The lowest BCUT2D eigenvalue weighted by molar-refractivity contribution is 0.0377. The van der Waals surface area contributed by atoms with E-state index in [0.29, 0.717) is 27.9 Å². The lowest BCUT2D eigenvalue weighted by Gasteiger charge is -2.43. The SMILES string of the molecule is CSc1nc(OCCF)c2c(-c3ccccc3)c(-c3ccc(C4(NC(=O)OC(C)(C)C)CCC4)cc3)oc2n1. The number of hydrogen-bond donors (Lipinski definition) is 1. The smallest absolute Gasteiger partial charge is 0.408 e. The van der Waals surface area contributed by atoms with Crippen LogP contribution in [0.2, 0.25) is 0 Å². The number of nitrogens with zero attached hydrogens (tertiary/aromatic N) is 2. The average molecular weight is 550 g/mol. The third kappa shape index (κ3) is 5.59. The van der Waals surface area contributed by atoms with E-state index in [-0.39, 0.29) is 6.61 Å². The number of thioether (sulfide) groups is 1. The lowest BCUT2D eigenvalue weighted by Crippen LogP contribution is -2.52. The van der Waals surface area contributed by atoms with E-state index in [1.165, 1.54) is 11.8 Å². The Balaban J connectivity index is 1.58. The molecule has 1 aliphatic carbocycles. The number of carbonyl (C=O) groups excluding carboxylic acids is 1. The molecule has 7 nitrogen and oxygen atoms in total. The maximum Gasteiger partial charge on any atom is 0.408 e. The average Bonchev–Trinajstić information content (AvgIpc) is 3.28. The van der Waals surface area contributed by atoms with Crippen LogP contribution >= 0.6 is 11.8 Å². The lowest BCUT2D eigenvalue weighted by atomic mass is 9.71. The van der Waals surface area contributed by atoms with Crippen LogP contribution in [0.15, 0.2) is 64.2 Å². The van der Waals surface area contributed by atoms with Gasteiger partial charge in [0.1, 0.15) is 30.0 Å². The maximum absolute atomic E-state index is 13.1. The number of aromatic nitrogens is 2. The zero-order valence-electron chi connectivity index (χ0n) is 22.5. The summed E-state index contributed by atoms with van der Waals surface area (Å²) in [5.41, 5.74) is 2.89. The minimum atomic E-state index is -0.633. The molecule has 2 heterocycles. The third-order valence-corrected chi connectivity index (χ3v) is 7.25. The molecular weight excluding hydrogens is 517 g/mol. The normalized spacial score (nSPS) is 14.6. The van der Waals surface area contributed by atoms with Crippen LogP contribution in [-0.2, 0) is 10.3 Å². The van der Waals surface area contributed by atoms with Gasteiger partial charge in [-0.15, -0.1) is 0 Å². The largest absolute Gasteiger partial charge is 0.474 e. The zero-order valence-corrected chi connectivity index (χ0v) is 23.4. The highest BCUT2D eigenvalue weighted by molar-refractivity contribution is 7.98. The number of ether oxygens (including phenoxy) is 2. The number of amides is 1. The number of hydrogen-bond acceptors (Lipinski definition) is 7. The Labute approximate surface area is 231 Å². The van der Waals surface area contributed by atoms with Gasteiger partial charge in [-0.3, -0.25) is 0 Å². The second-order valence-corrected chi connectivity index (χ2v) is 11.3. The Hall–Kier alpha value is -3.59.